The largest absolute Gasteiger partial charge is 0.554 e. The van der Waals surface area contributed by atoms with Gasteiger partial charge in [-0.25, -0.2) is 0 Å². The van der Waals surface area contributed by atoms with Gasteiger partial charge < -0.3 is 8.23 Å². The Balaban J connectivity index is 2.30. The van der Waals surface area contributed by atoms with Gasteiger partial charge in [-0.05, 0) is 19.1 Å². The molecule has 2 nitrogen and oxygen atoms in total. The molecule has 1 heterocycles. The molecule has 4 heteroatoms. The molecule has 0 aromatic carbocycles. The monoisotopic (exact) mass is 132 g/mol. The topological polar surface area (TPSA) is 18.5 Å². The van der Waals surface area contributed by atoms with Gasteiger partial charge in [0.2, 0.25) is 0 Å². The van der Waals surface area contributed by atoms with Crippen LogP contribution in [0, 0.1) is 0 Å². The van der Waals surface area contributed by atoms with E-state index in [1.807, 2.05) is 19.1 Å². The number of hydrogen-bond donors (Lipinski definition) is 0. The molecular weight excluding hydrogens is 124 g/mol. The Morgan fingerprint density at radius 1 is 1.57 bits per heavy atom. The van der Waals surface area contributed by atoms with Crippen molar-refractivity contribution in [1.29, 1.82) is 0 Å². The van der Waals surface area contributed by atoms with E-state index >= 15 is 0 Å². The molecule has 0 bridgehead atoms. The third-order valence-corrected chi connectivity index (χ3v) is 5.79. The second-order valence-electron chi connectivity index (χ2n) is 1.41. The minimum absolute atomic E-state index is 0.800. The van der Waals surface area contributed by atoms with Crippen LogP contribution in [-0.4, -0.2) is 23.9 Å². The van der Waals surface area contributed by atoms with Gasteiger partial charge in [-0.2, -0.15) is 0 Å². The minimum Gasteiger partial charge on any atom is -0.554 e. The molecule has 1 rings (SSSR count). The van der Waals surface area contributed by atoms with E-state index in [2.05, 4.69) is 0 Å². The van der Waals surface area contributed by atoms with Crippen molar-refractivity contribution in [3.8, 4) is 0 Å². The Bertz CT molecular complexity index is 93.1. The molecular formula is C3H8O2Si2. The summed E-state index contributed by atoms with van der Waals surface area (Å²) < 4.78 is 10.5. The summed E-state index contributed by atoms with van der Waals surface area (Å²) in [4.78, 5) is 0. The van der Waals surface area contributed by atoms with Gasteiger partial charge in [0.15, 0.2) is 0 Å². The average Bonchev–Trinajstić information content (AvgIpc) is 1.58. The summed E-state index contributed by atoms with van der Waals surface area (Å²) in [5.41, 5.74) is 2.01. The standard InChI is InChI=1S/C3H8O2Si2/c1-3-7-4-6(2)5-7/h3,6H,1-2H3. The summed E-state index contributed by atoms with van der Waals surface area (Å²) in [6, 6.07) is 0. The molecule has 1 fully saturated rings. The highest BCUT2D eigenvalue weighted by Crippen LogP contribution is 2.00. The fourth-order valence-corrected chi connectivity index (χ4v) is 4.25. The molecule has 0 unspecified atom stereocenters. The third-order valence-electron chi connectivity index (χ3n) is 0.800. The van der Waals surface area contributed by atoms with Crippen LogP contribution in [0.25, 0.3) is 0 Å². The minimum atomic E-state index is -1.03. The lowest BCUT2D eigenvalue weighted by atomic mass is 11.0. The van der Waals surface area contributed by atoms with Crippen LogP contribution >= 0.6 is 0 Å². The van der Waals surface area contributed by atoms with Crippen molar-refractivity contribution in [1.82, 2.24) is 0 Å². The van der Waals surface area contributed by atoms with E-state index in [9.17, 15) is 0 Å². The highest BCUT2D eigenvalue weighted by molar-refractivity contribution is 6.75. The van der Waals surface area contributed by atoms with Crippen molar-refractivity contribution in [3.63, 3.8) is 0 Å². The fourth-order valence-electron chi connectivity index (χ4n) is 0.472. The van der Waals surface area contributed by atoms with Crippen LogP contribution in [0.2, 0.25) is 6.55 Å². The quantitative estimate of drug-likeness (QED) is 0.424. The molecule has 0 amide bonds. The summed E-state index contributed by atoms with van der Waals surface area (Å²) in [6.45, 7) is 4.02. The second kappa shape index (κ2) is 1.79. The molecule has 1 saturated heterocycles. The van der Waals surface area contributed by atoms with Crippen molar-refractivity contribution in [3.05, 3.63) is 0 Å². The van der Waals surface area contributed by atoms with Crippen molar-refractivity contribution < 1.29 is 8.23 Å². The predicted octanol–water partition coefficient (Wildman–Crippen LogP) is -0.225. The molecule has 0 aromatic heterocycles. The van der Waals surface area contributed by atoms with E-state index < -0.39 is 18.2 Å². The molecule has 1 aliphatic heterocycles. The Hall–Kier alpha value is -0.0962. The average molecular weight is 132 g/mol. The van der Waals surface area contributed by atoms with Gasteiger partial charge >= 0.3 is 18.2 Å². The summed E-state index contributed by atoms with van der Waals surface area (Å²) in [5.74, 6) is 0. The highest BCUT2D eigenvalue weighted by Gasteiger charge is 2.23. The van der Waals surface area contributed by atoms with Crippen LogP contribution < -0.4 is 0 Å². The van der Waals surface area contributed by atoms with Gasteiger partial charge in [0.25, 0.3) is 0 Å². The summed E-state index contributed by atoms with van der Waals surface area (Å²) >= 11 is 0. The lowest BCUT2D eigenvalue weighted by molar-refractivity contribution is 0.313. The molecule has 0 saturated carbocycles. The van der Waals surface area contributed by atoms with Crippen LogP contribution in [0.1, 0.15) is 6.92 Å². The summed E-state index contributed by atoms with van der Waals surface area (Å²) in [5, 5.41) is 0. The molecule has 0 N–H and O–H groups in total. The maximum Gasteiger partial charge on any atom is 0.449 e. The zero-order valence-corrected chi connectivity index (χ0v) is 6.63. The summed E-state index contributed by atoms with van der Waals surface area (Å²) in [7, 11) is -1.83. The van der Waals surface area contributed by atoms with Crippen molar-refractivity contribution in [2.45, 2.75) is 13.5 Å². The lowest BCUT2D eigenvalue weighted by Gasteiger charge is -2.27. The first kappa shape index (κ1) is 5.05. The van der Waals surface area contributed by atoms with Gasteiger partial charge in [0, 0.05) is 0 Å². The molecule has 0 radical (unpaired) electrons. The molecule has 0 aliphatic carbocycles. The maximum absolute atomic E-state index is 5.25. The lowest BCUT2D eigenvalue weighted by Crippen LogP contribution is -2.42. The molecule has 0 aromatic rings. The van der Waals surface area contributed by atoms with E-state index in [4.69, 9.17) is 8.23 Å². The van der Waals surface area contributed by atoms with Crippen LogP contribution in [0.15, 0.2) is 0 Å². The van der Waals surface area contributed by atoms with Gasteiger partial charge in [-0.1, -0.05) is 0 Å². The maximum atomic E-state index is 5.25. The van der Waals surface area contributed by atoms with E-state index in [1.54, 1.807) is 0 Å². The van der Waals surface area contributed by atoms with Gasteiger partial charge in [0.1, 0.15) is 0 Å². The van der Waals surface area contributed by atoms with Gasteiger partial charge in [-0.15, -0.1) is 0 Å². The van der Waals surface area contributed by atoms with Gasteiger partial charge in [-0.3, -0.25) is 0 Å². The van der Waals surface area contributed by atoms with Crippen molar-refractivity contribution in [2.75, 3.05) is 0 Å². The molecule has 1 aliphatic rings. The first-order valence-electron chi connectivity index (χ1n) is 2.32. The first-order valence-corrected chi connectivity index (χ1v) is 5.81. The smallest absolute Gasteiger partial charge is 0.449 e. The zero-order valence-electron chi connectivity index (χ0n) is 4.47. The van der Waals surface area contributed by atoms with Crippen molar-refractivity contribution >= 4 is 23.9 Å². The van der Waals surface area contributed by atoms with E-state index in [-0.39, 0.29) is 0 Å². The fraction of sp³-hybridized carbons (Fsp3) is 0.667. The van der Waals surface area contributed by atoms with Crippen molar-refractivity contribution in [2.24, 2.45) is 0 Å². The Morgan fingerprint density at radius 2 is 2.14 bits per heavy atom. The number of hydrogen-bond acceptors (Lipinski definition) is 2. The molecule has 7 heavy (non-hydrogen) atoms. The Labute approximate surface area is 46.4 Å². The first-order chi connectivity index (χ1) is 3.33. The molecule has 0 spiro atoms. The normalized spacial score (nSPS) is 27.1. The Kier molecular flexibility index (Phi) is 1.29. The van der Waals surface area contributed by atoms with E-state index in [1.165, 1.54) is 0 Å². The van der Waals surface area contributed by atoms with Gasteiger partial charge in [0.05, 0.1) is 0 Å². The highest BCUT2D eigenvalue weighted by atomic mass is 28.5. The molecule has 40 valence electrons. The number of rotatable bonds is 0. The second-order valence-corrected chi connectivity index (χ2v) is 5.65. The third kappa shape index (κ3) is 0.917. The molecule has 0 atom stereocenters. The van der Waals surface area contributed by atoms with Crippen LogP contribution in [0.3, 0.4) is 0 Å². The van der Waals surface area contributed by atoms with Crippen LogP contribution in [0.5, 0.6) is 0 Å². The summed E-state index contributed by atoms with van der Waals surface area (Å²) in [6.07, 6.45) is 0. The van der Waals surface area contributed by atoms with Crippen LogP contribution in [0.4, 0.5) is 0 Å². The zero-order chi connectivity index (χ0) is 5.28. The Morgan fingerprint density at radius 3 is 2.29 bits per heavy atom. The van der Waals surface area contributed by atoms with E-state index in [0.29, 0.717) is 0 Å². The SMILES string of the molecule is CC=[Si]1O[SiH](C)O1. The predicted molar refractivity (Wildman–Crippen MR) is 32.7 cm³/mol. The van der Waals surface area contributed by atoms with Crippen LogP contribution in [-0.2, 0) is 8.23 Å². The van der Waals surface area contributed by atoms with E-state index in [0.717, 1.165) is 0 Å².